The molecular formula is C11H21NO2. The minimum atomic E-state index is -0.104. The number of hydrogen-bond acceptors (Lipinski definition) is 3. The molecule has 0 bridgehead atoms. The summed E-state index contributed by atoms with van der Waals surface area (Å²) in [4.78, 5) is 2.34. The van der Waals surface area contributed by atoms with Crippen molar-refractivity contribution in [3.8, 4) is 0 Å². The second-order valence-electron chi connectivity index (χ2n) is 4.88. The van der Waals surface area contributed by atoms with Gasteiger partial charge in [-0.25, -0.2) is 0 Å². The molecule has 3 atom stereocenters. The largest absolute Gasteiger partial charge is 0.392 e. The van der Waals surface area contributed by atoms with Crippen LogP contribution in [0.3, 0.4) is 0 Å². The Balaban J connectivity index is 1.78. The molecule has 0 aromatic rings. The van der Waals surface area contributed by atoms with E-state index in [1.807, 2.05) is 0 Å². The van der Waals surface area contributed by atoms with E-state index in [1.165, 1.54) is 12.8 Å². The number of aliphatic hydroxyl groups excluding tert-OH is 1. The lowest BCUT2D eigenvalue weighted by molar-refractivity contribution is -0.0777. The van der Waals surface area contributed by atoms with Gasteiger partial charge in [-0.15, -0.1) is 0 Å². The molecule has 1 unspecified atom stereocenters. The van der Waals surface area contributed by atoms with E-state index in [2.05, 4.69) is 18.7 Å². The van der Waals surface area contributed by atoms with Gasteiger partial charge in [0.2, 0.25) is 0 Å². The van der Waals surface area contributed by atoms with Gasteiger partial charge in [0.05, 0.1) is 18.3 Å². The Hall–Kier alpha value is -0.120. The molecule has 2 rings (SSSR count). The van der Waals surface area contributed by atoms with Crippen molar-refractivity contribution in [2.45, 2.75) is 45.0 Å². The van der Waals surface area contributed by atoms with Crippen LogP contribution in [-0.2, 0) is 4.74 Å². The zero-order valence-electron chi connectivity index (χ0n) is 9.15. The molecule has 0 radical (unpaired) electrons. The molecule has 2 aliphatic rings. The van der Waals surface area contributed by atoms with Crippen molar-refractivity contribution in [3.63, 3.8) is 0 Å². The average Bonchev–Trinajstić information content (AvgIpc) is 2.82. The van der Waals surface area contributed by atoms with Crippen molar-refractivity contribution in [2.75, 3.05) is 19.6 Å². The second kappa shape index (κ2) is 4.17. The van der Waals surface area contributed by atoms with Crippen LogP contribution in [0.2, 0.25) is 0 Å². The first-order chi connectivity index (χ1) is 6.65. The first kappa shape index (κ1) is 10.4. The molecule has 82 valence electrons. The van der Waals surface area contributed by atoms with E-state index in [-0.39, 0.29) is 6.10 Å². The topological polar surface area (TPSA) is 32.7 Å². The lowest BCUT2D eigenvalue weighted by Gasteiger charge is -2.36. The summed E-state index contributed by atoms with van der Waals surface area (Å²) in [5.41, 5.74) is 0. The van der Waals surface area contributed by atoms with Crippen molar-refractivity contribution in [2.24, 2.45) is 5.92 Å². The zero-order valence-corrected chi connectivity index (χ0v) is 9.15. The summed E-state index contributed by atoms with van der Waals surface area (Å²) in [6, 6.07) is 0. The summed E-state index contributed by atoms with van der Waals surface area (Å²) in [7, 11) is 0. The van der Waals surface area contributed by atoms with Crippen molar-refractivity contribution < 1.29 is 9.84 Å². The molecule has 0 aromatic heterocycles. The lowest BCUT2D eigenvalue weighted by Crippen LogP contribution is -2.48. The first-order valence-electron chi connectivity index (χ1n) is 5.71. The predicted octanol–water partition coefficient (Wildman–Crippen LogP) is 0.866. The molecule has 0 amide bonds. The fourth-order valence-electron chi connectivity index (χ4n) is 2.33. The molecule has 1 saturated heterocycles. The van der Waals surface area contributed by atoms with Gasteiger partial charge in [-0.1, -0.05) is 0 Å². The number of hydrogen-bond donors (Lipinski definition) is 1. The monoisotopic (exact) mass is 199 g/mol. The third-order valence-electron chi connectivity index (χ3n) is 3.11. The number of aliphatic hydroxyl groups is 1. The molecule has 1 saturated carbocycles. The average molecular weight is 199 g/mol. The van der Waals surface area contributed by atoms with Crippen LogP contribution < -0.4 is 0 Å². The molecule has 1 aliphatic heterocycles. The van der Waals surface area contributed by atoms with Crippen LogP contribution in [0.25, 0.3) is 0 Å². The molecule has 0 aromatic carbocycles. The number of rotatable bonds is 3. The Labute approximate surface area is 86.0 Å². The van der Waals surface area contributed by atoms with Gasteiger partial charge in [-0.2, -0.15) is 0 Å². The van der Waals surface area contributed by atoms with Crippen LogP contribution >= 0.6 is 0 Å². The number of ether oxygens (including phenoxy) is 1. The third-order valence-corrected chi connectivity index (χ3v) is 3.11. The van der Waals surface area contributed by atoms with E-state index in [9.17, 15) is 5.11 Å². The van der Waals surface area contributed by atoms with Gasteiger partial charge in [0.25, 0.3) is 0 Å². The molecule has 3 nitrogen and oxygen atoms in total. The summed E-state index contributed by atoms with van der Waals surface area (Å²) in [5.74, 6) is 0.587. The van der Waals surface area contributed by atoms with Crippen LogP contribution in [0.4, 0.5) is 0 Å². The first-order valence-corrected chi connectivity index (χ1v) is 5.71. The maximum Gasteiger partial charge on any atom is 0.0695 e. The normalized spacial score (nSPS) is 37.1. The molecule has 1 heterocycles. The van der Waals surface area contributed by atoms with Crippen molar-refractivity contribution in [1.29, 1.82) is 0 Å². The summed E-state index contributed by atoms with van der Waals surface area (Å²) in [6.45, 7) is 6.98. The zero-order chi connectivity index (χ0) is 10.1. The van der Waals surface area contributed by atoms with Gasteiger partial charge in [-0.3, -0.25) is 4.90 Å². The molecule has 2 fully saturated rings. The van der Waals surface area contributed by atoms with E-state index < -0.39 is 0 Å². The fraction of sp³-hybridized carbons (Fsp3) is 1.00. The Kier molecular flexibility index (Phi) is 3.10. The third kappa shape index (κ3) is 2.69. The highest BCUT2D eigenvalue weighted by atomic mass is 16.5. The Morgan fingerprint density at radius 2 is 1.86 bits per heavy atom. The van der Waals surface area contributed by atoms with Gasteiger partial charge in [0, 0.05) is 19.6 Å². The number of nitrogens with zero attached hydrogens (tertiary/aromatic N) is 1. The Morgan fingerprint density at radius 3 is 2.36 bits per heavy atom. The van der Waals surface area contributed by atoms with E-state index in [4.69, 9.17) is 4.74 Å². The maximum absolute atomic E-state index is 9.83. The van der Waals surface area contributed by atoms with Gasteiger partial charge in [0.15, 0.2) is 0 Å². The predicted molar refractivity (Wildman–Crippen MR) is 55.2 cm³/mol. The van der Waals surface area contributed by atoms with Crippen LogP contribution in [-0.4, -0.2) is 48.0 Å². The molecule has 14 heavy (non-hydrogen) atoms. The van der Waals surface area contributed by atoms with Crippen LogP contribution in [0.15, 0.2) is 0 Å². The quantitative estimate of drug-likeness (QED) is 0.732. The van der Waals surface area contributed by atoms with E-state index >= 15 is 0 Å². The molecular weight excluding hydrogens is 178 g/mol. The highest BCUT2D eigenvalue weighted by Gasteiger charge is 2.32. The summed E-state index contributed by atoms with van der Waals surface area (Å²) >= 11 is 0. The van der Waals surface area contributed by atoms with E-state index in [0.717, 1.165) is 19.6 Å². The van der Waals surface area contributed by atoms with Gasteiger partial charge < -0.3 is 9.84 Å². The van der Waals surface area contributed by atoms with Gasteiger partial charge in [0.1, 0.15) is 0 Å². The number of morpholine rings is 1. The minimum Gasteiger partial charge on any atom is -0.392 e. The molecule has 3 heteroatoms. The summed E-state index contributed by atoms with van der Waals surface area (Å²) < 4.78 is 5.65. The lowest BCUT2D eigenvalue weighted by atomic mass is 10.1. The van der Waals surface area contributed by atoms with Crippen molar-refractivity contribution >= 4 is 0 Å². The Bertz CT molecular complexity index is 184. The van der Waals surface area contributed by atoms with Crippen molar-refractivity contribution in [1.82, 2.24) is 4.90 Å². The van der Waals surface area contributed by atoms with E-state index in [0.29, 0.717) is 18.1 Å². The fourth-order valence-corrected chi connectivity index (χ4v) is 2.33. The molecule has 1 N–H and O–H groups in total. The standard InChI is InChI=1S/C11H21NO2/c1-8-5-12(6-9(2)14-8)7-11(13)10-3-4-10/h8-11,13H,3-7H2,1-2H3/t8-,9+,11?. The molecule has 0 spiro atoms. The van der Waals surface area contributed by atoms with E-state index in [1.54, 1.807) is 0 Å². The van der Waals surface area contributed by atoms with Crippen LogP contribution in [0.1, 0.15) is 26.7 Å². The summed E-state index contributed by atoms with van der Waals surface area (Å²) in [5, 5.41) is 9.83. The van der Waals surface area contributed by atoms with Gasteiger partial charge in [-0.05, 0) is 32.6 Å². The smallest absolute Gasteiger partial charge is 0.0695 e. The van der Waals surface area contributed by atoms with Crippen molar-refractivity contribution in [3.05, 3.63) is 0 Å². The molecule has 1 aliphatic carbocycles. The minimum absolute atomic E-state index is 0.104. The second-order valence-corrected chi connectivity index (χ2v) is 4.88. The highest BCUT2D eigenvalue weighted by molar-refractivity contribution is 4.84. The van der Waals surface area contributed by atoms with Crippen LogP contribution in [0.5, 0.6) is 0 Å². The maximum atomic E-state index is 9.83. The van der Waals surface area contributed by atoms with Gasteiger partial charge >= 0.3 is 0 Å². The Morgan fingerprint density at radius 1 is 1.29 bits per heavy atom. The SMILES string of the molecule is C[C@@H]1CN(CC(O)C2CC2)C[C@H](C)O1. The highest BCUT2D eigenvalue weighted by Crippen LogP contribution is 2.33. The number of β-amino-alcohol motifs (C(OH)–C–C–N with tert-alkyl or cyclic N) is 1. The summed E-state index contributed by atoms with van der Waals surface area (Å²) in [6.07, 6.45) is 2.95. The van der Waals surface area contributed by atoms with Crippen LogP contribution in [0, 0.1) is 5.92 Å².